The lowest BCUT2D eigenvalue weighted by Crippen LogP contribution is -2.37. The van der Waals surface area contributed by atoms with Gasteiger partial charge in [-0.1, -0.05) is 18.2 Å². The first-order valence-corrected chi connectivity index (χ1v) is 8.14. The van der Waals surface area contributed by atoms with E-state index in [1.165, 1.54) is 12.1 Å². The van der Waals surface area contributed by atoms with Crippen LogP contribution in [0.2, 0.25) is 0 Å². The fraction of sp³-hybridized carbons (Fsp3) is 0.211. The molecule has 3 rings (SSSR count). The smallest absolute Gasteiger partial charge is 0.417 e. The summed E-state index contributed by atoms with van der Waals surface area (Å²) in [5.41, 5.74) is -0.748. The van der Waals surface area contributed by atoms with Crippen molar-refractivity contribution >= 4 is 17.5 Å². The lowest BCUT2D eigenvalue weighted by molar-refractivity contribution is -0.137. The van der Waals surface area contributed by atoms with Crippen LogP contribution >= 0.6 is 0 Å². The number of carbonyl (C=O) groups excluding carboxylic acids is 2. The molecule has 0 saturated carbocycles. The number of aryl methyl sites for hydroxylation is 1. The van der Waals surface area contributed by atoms with Gasteiger partial charge in [-0.05, 0) is 30.7 Å². The SMILES string of the molecule is Cc1cccc2c1OCC(=O)NC2C(=O)Nc1ccc(C#N)c(C(F)(F)F)c1. The van der Waals surface area contributed by atoms with E-state index in [0.29, 0.717) is 22.9 Å². The number of para-hydroxylation sites is 1. The Labute approximate surface area is 157 Å². The number of rotatable bonds is 2. The molecule has 1 unspecified atom stereocenters. The summed E-state index contributed by atoms with van der Waals surface area (Å²) in [5.74, 6) is -0.896. The fourth-order valence-electron chi connectivity index (χ4n) is 2.89. The predicted molar refractivity (Wildman–Crippen MR) is 92.3 cm³/mol. The lowest BCUT2D eigenvalue weighted by Gasteiger charge is -2.19. The minimum atomic E-state index is -4.75. The van der Waals surface area contributed by atoms with Gasteiger partial charge in [-0.15, -0.1) is 0 Å². The monoisotopic (exact) mass is 389 g/mol. The highest BCUT2D eigenvalue weighted by Gasteiger charge is 2.35. The highest BCUT2D eigenvalue weighted by atomic mass is 19.4. The van der Waals surface area contributed by atoms with Crippen molar-refractivity contribution in [2.75, 3.05) is 11.9 Å². The Morgan fingerprint density at radius 2 is 2.07 bits per heavy atom. The summed E-state index contributed by atoms with van der Waals surface area (Å²) in [6, 6.07) is 8.21. The number of ether oxygens (including phenoxy) is 1. The van der Waals surface area contributed by atoms with Gasteiger partial charge in [-0.25, -0.2) is 0 Å². The van der Waals surface area contributed by atoms with E-state index in [2.05, 4.69) is 10.6 Å². The van der Waals surface area contributed by atoms with Gasteiger partial charge in [-0.3, -0.25) is 9.59 Å². The molecular weight excluding hydrogens is 375 g/mol. The van der Waals surface area contributed by atoms with Crippen LogP contribution in [0.1, 0.15) is 28.3 Å². The summed E-state index contributed by atoms with van der Waals surface area (Å²) in [7, 11) is 0. The second kappa shape index (κ2) is 7.23. The molecule has 1 atom stereocenters. The summed E-state index contributed by atoms with van der Waals surface area (Å²) >= 11 is 0. The molecule has 2 N–H and O–H groups in total. The maximum absolute atomic E-state index is 13.1. The van der Waals surface area contributed by atoms with Crippen molar-refractivity contribution in [1.82, 2.24) is 5.32 Å². The van der Waals surface area contributed by atoms with Crippen LogP contribution < -0.4 is 15.4 Å². The van der Waals surface area contributed by atoms with Crippen molar-refractivity contribution in [3.63, 3.8) is 0 Å². The average Bonchev–Trinajstić information content (AvgIpc) is 2.81. The van der Waals surface area contributed by atoms with Gasteiger partial charge in [0.05, 0.1) is 17.2 Å². The van der Waals surface area contributed by atoms with Gasteiger partial charge in [0.1, 0.15) is 11.8 Å². The fourth-order valence-corrected chi connectivity index (χ4v) is 2.89. The molecule has 9 heteroatoms. The number of nitrogens with one attached hydrogen (secondary N) is 2. The van der Waals surface area contributed by atoms with E-state index in [4.69, 9.17) is 10.00 Å². The molecule has 2 amide bonds. The summed E-state index contributed by atoms with van der Waals surface area (Å²) in [4.78, 5) is 24.6. The minimum Gasteiger partial charge on any atom is -0.483 e. The van der Waals surface area contributed by atoms with E-state index in [1.54, 1.807) is 25.1 Å². The van der Waals surface area contributed by atoms with Crippen molar-refractivity contribution in [2.45, 2.75) is 19.1 Å². The molecular formula is C19H14F3N3O3. The van der Waals surface area contributed by atoms with E-state index >= 15 is 0 Å². The first-order chi connectivity index (χ1) is 13.2. The second-order valence-electron chi connectivity index (χ2n) is 6.14. The molecule has 0 aromatic heterocycles. The largest absolute Gasteiger partial charge is 0.483 e. The van der Waals surface area contributed by atoms with Crippen LogP contribution in [-0.2, 0) is 15.8 Å². The third-order valence-electron chi connectivity index (χ3n) is 4.18. The van der Waals surface area contributed by atoms with Crippen LogP contribution in [0, 0.1) is 18.3 Å². The van der Waals surface area contributed by atoms with Gasteiger partial charge < -0.3 is 15.4 Å². The first-order valence-electron chi connectivity index (χ1n) is 8.14. The van der Waals surface area contributed by atoms with Crippen LogP contribution in [0.25, 0.3) is 0 Å². The maximum Gasteiger partial charge on any atom is 0.417 e. The van der Waals surface area contributed by atoms with Gasteiger partial charge in [0, 0.05) is 11.3 Å². The van der Waals surface area contributed by atoms with E-state index in [0.717, 1.165) is 6.07 Å². The van der Waals surface area contributed by atoms with Gasteiger partial charge >= 0.3 is 6.18 Å². The van der Waals surface area contributed by atoms with E-state index in [-0.39, 0.29) is 12.3 Å². The number of nitriles is 1. The zero-order valence-electron chi connectivity index (χ0n) is 14.6. The molecule has 1 aliphatic rings. The molecule has 0 bridgehead atoms. The molecule has 1 heterocycles. The Bertz CT molecular complexity index is 996. The Hall–Kier alpha value is -3.54. The van der Waals surface area contributed by atoms with Gasteiger partial charge in [-0.2, -0.15) is 18.4 Å². The summed E-state index contributed by atoms with van der Waals surface area (Å²) in [6.07, 6.45) is -4.75. The molecule has 0 aliphatic carbocycles. The minimum absolute atomic E-state index is 0.148. The number of halogens is 3. The van der Waals surface area contributed by atoms with E-state index in [1.807, 2.05) is 0 Å². The molecule has 144 valence electrons. The number of benzene rings is 2. The first kappa shape index (κ1) is 19.2. The molecule has 28 heavy (non-hydrogen) atoms. The third kappa shape index (κ3) is 3.76. The Morgan fingerprint density at radius 1 is 1.32 bits per heavy atom. The molecule has 0 fully saturated rings. The van der Waals surface area contributed by atoms with E-state index < -0.39 is 35.2 Å². The number of anilines is 1. The molecule has 0 radical (unpaired) electrons. The number of fused-ring (bicyclic) bond motifs is 1. The third-order valence-corrected chi connectivity index (χ3v) is 4.18. The normalized spacial score (nSPS) is 16.1. The average molecular weight is 389 g/mol. The molecule has 0 saturated heterocycles. The van der Waals surface area contributed by atoms with Crippen LogP contribution in [0.15, 0.2) is 36.4 Å². The standard InChI is InChI=1S/C19H14F3N3O3/c1-10-3-2-4-13-16(25-15(26)9-28-17(10)13)18(27)24-12-6-5-11(8-23)14(7-12)19(20,21)22/h2-7,16H,9H2,1H3,(H,24,27)(H,25,26). The van der Waals surface area contributed by atoms with Crippen molar-refractivity contribution in [2.24, 2.45) is 0 Å². The summed E-state index contributed by atoms with van der Waals surface area (Å²) in [5, 5.41) is 13.7. The van der Waals surface area contributed by atoms with Crippen LogP contribution in [0.5, 0.6) is 5.75 Å². The zero-order valence-corrected chi connectivity index (χ0v) is 14.6. The Kier molecular flexibility index (Phi) is 4.96. The Morgan fingerprint density at radius 3 is 2.75 bits per heavy atom. The quantitative estimate of drug-likeness (QED) is 0.826. The van der Waals surface area contributed by atoms with Crippen molar-refractivity contribution in [1.29, 1.82) is 5.26 Å². The lowest BCUT2D eigenvalue weighted by atomic mass is 10.0. The van der Waals surface area contributed by atoms with Crippen molar-refractivity contribution < 1.29 is 27.5 Å². The Balaban J connectivity index is 1.94. The number of carbonyl (C=O) groups is 2. The number of nitrogens with zero attached hydrogens (tertiary/aromatic N) is 1. The second-order valence-corrected chi connectivity index (χ2v) is 6.14. The predicted octanol–water partition coefficient (Wildman–Crippen LogP) is 3.07. The van der Waals surface area contributed by atoms with Gasteiger partial charge in [0.25, 0.3) is 11.8 Å². The van der Waals surface area contributed by atoms with Crippen LogP contribution in [0.4, 0.5) is 18.9 Å². The van der Waals surface area contributed by atoms with Crippen molar-refractivity contribution in [3.8, 4) is 11.8 Å². The summed E-state index contributed by atoms with van der Waals surface area (Å²) in [6.45, 7) is 1.47. The van der Waals surface area contributed by atoms with Crippen molar-refractivity contribution in [3.05, 3.63) is 58.7 Å². The number of hydrogen-bond acceptors (Lipinski definition) is 4. The summed E-state index contributed by atoms with van der Waals surface area (Å²) < 4.78 is 44.8. The van der Waals surface area contributed by atoms with E-state index in [9.17, 15) is 22.8 Å². The molecule has 6 nitrogen and oxygen atoms in total. The highest BCUT2D eigenvalue weighted by Crippen LogP contribution is 2.35. The van der Waals surface area contributed by atoms with Crippen LogP contribution in [-0.4, -0.2) is 18.4 Å². The number of hydrogen-bond donors (Lipinski definition) is 2. The molecule has 0 spiro atoms. The topological polar surface area (TPSA) is 91.2 Å². The molecule has 1 aliphatic heterocycles. The highest BCUT2D eigenvalue weighted by molar-refractivity contribution is 5.99. The molecule has 2 aromatic carbocycles. The number of amides is 2. The zero-order chi connectivity index (χ0) is 20.5. The number of alkyl halides is 3. The maximum atomic E-state index is 13.1. The van der Waals surface area contributed by atoms with Gasteiger partial charge in [0.2, 0.25) is 0 Å². The van der Waals surface area contributed by atoms with Gasteiger partial charge in [0.15, 0.2) is 6.61 Å². The van der Waals surface area contributed by atoms with Crippen LogP contribution in [0.3, 0.4) is 0 Å². The molecule has 2 aromatic rings.